The summed E-state index contributed by atoms with van der Waals surface area (Å²) >= 11 is 0. The van der Waals surface area contributed by atoms with E-state index in [1.165, 1.54) is 22.3 Å². The lowest BCUT2D eigenvalue weighted by Gasteiger charge is -2.24. The quantitative estimate of drug-likeness (QED) is 0.658. The normalized spacial score (nSPS) is 12.3. The highest BCUT2D eigenvalue weighted by molar-refractivity contribution is 5.48. The van der Waals surface area contributed by atoms with Crippen molar-refractivity contribution in [2.75, 3.05) is 20.8 Å². The van der Waals surface area contributed by atoms with Crippen molar-refractivity contribution in [2.45, 2.75) is 46.6 Å². The van der Waals surface area contributed by atoms with E-state index in [1.54, 1.807) is 14.2 Å². The molecule has 0 spiro atoms. The van der Waals surface area contributed by atoms with E-state index >= 15 is 0 Å². The molecule has 0 fully saturated rings. The summed E-state index contributed by atoms with van der Waals surface area (Å²) in [6.07, 6.45) is -0.0979. The fraction of sp³-hybridized carbons (Fsp3) is 0.455. The van der Waals surface area contributed by atoms with Crippen LogP contribution in [0.15, 0.2) is 30.3 Å². The molecule has 0 aliphatic heterocycles. The van der Waals surface area contributed by atoms with Gasteiger partial charge in [0.15, 0.2) is 0 Å². The van der Waals surface area contributed by atoms with Crippen LogP contribution in [-0.4, -0.2) is 20.8 Å². The van der Waals surface area contributed by atoms with Crippen molar-refractivity contribution in [2.24, 2.45) is 0 Å². The van der Waals surface area contributed by atoms with Gasteiger partial charge in [-0.25, -0.2) is 0 Å². The predicted molar refractivity (Wildman–Crippen MR) is 103 cm³/mol. The number of aryl methyl sites for hydroxylation is 2. The van der Waals surface area contributed by atoms with Crippen molar-refractivity contribution in [3.05, 3.63) is 58.1 Å². The second-order valence-corrected chi connectivity index (χ2v) is 6.67. The highest BCUT2D eigenvalue weighted by Gasteiger charge is 2.21. The van der Waals surface area contributed by atoms with Crippen LogP contribution in [0.3, 0.4) is 0 Å². The molecule has 1 unspecified atom stereocenters. The summed E-state index contributed by atoms with van der Waals surface area (Å²) in [4.78, 5) is 0. The molecule has 2 rings (SSSR count). The van der Waals surface area contributed by atoms with Crippen molar-refractivity contribution >= 4 is 0 Å². The number of rotatable bonds is 7. The first kappa shape index (κ1) is 19.3. The topological polar surface area (TPSA) is 27.7 Å². The van der Waals surface area contributed by atoms with Gasteiger partial charge in [0, 0.05) is 6.61 Å². The lowest BCUT2D eigenvalue weighted by Crippen LogP contribution is -2.11. The summed E-state index contributed by atoms with van der Waals surface area (Å²) in [5, 5.41) is 0. The van der Waals surface area contributed by atoms with Crippen molar-refractivity contribution in [1.29, 1.82) is 0 Å². The average molecular weight is 342 g/mol. The Labute approximate surface area is 151 Å². The van der Waals surface area contributed by atoms with E-state index in [-0.39, 0.29) is 6.10 Å². The highest BCUT2D eigenvalue weighted by atomic mass is 16.5. The molecule has 3 nitrogen and oxygen atoms in total. The maximum absolute atomic E-state index is 6.18. The minimum Gasteiger partial charge on any atom is -0.497 e. The summed E-state index contributed by atoms with van der Waals surface area (Å²) in [6.45, 7) is 11.3. The Morgan fingerprint density at radius 2 is 1.56 bits per heavy atom. The third kappa shape index (κ3) is 4.16. The molecule has 136 valence electrons. The predicted octanol–water partition coefficient (Wildman–Crippen LogP) is 5.57. The van der Waals surface area contributed by atoms with E-state index in [9.17, 15) is 0 Å². The van der Waals surface area contributed by atoms with Gasteiger partial charge in [0.25, 0.3) is 0 Å². The average Bonchev–Trinajstić information content (AvgIpc) is 2.59. The van der Waals surface area contributed by atoms with E-state index in [1.807, 2.05) is 13.0 Å². The number of benzene rings is 2. The second-order valence-electron chi connectivity index (χ2n) is 6.67. The molecule has 0 amide bonds. The Bertz CT molecular complexity index is 696. The number of methoxy groups -OCH3 is 2. The van der Waals surface area contributed by atoms with Crippen LogP contribution in [0.2, 0.25) is 0 Å². The van der Waals surface area contributed by atoms with Gasteiger partial charge in [0.05, 0.1) is 14.2 Å². The van der Waals surface area contributed by atoms with Crippen LogP contribution in [0.1, 0.15) is 60.6 Å². The van der Waals surface area contributed by atoms with E-state index in [4.69, 9.17) is 14.2 Å². The molecule has 3 heteroatoms. The number of hydrogen-bond acceptors (Lipinski definition) is 3. The summed E-state index contributed by atoms with van der Waals surface area (Å²) in [5.74, 6) is 2.19. The standard InChI is InChI=1S/C22H30O3/c1-8-25-22(21-15(4)11-18(23-6)12-16(21)5)17-9-10-20(24-7)19(13-17)14(2)3/h9-14,22H,8H2,1-7H3. The maximum Gasteiger partial charge on any atom is 0.122 e. The van der Waals surface area contributed by atoms with Gasteiger partial charge in [0.2, 0.25) is 0 Å². The molecule has 25 heavy (non-hydrogen) atoms. The SMILES string of the molecule is CCOC(c1ccc(OC)c(C(C)C)c1)c1c(C)cc(OC)cc1C. The van der Waals surface area contributed by atoms with Crippen molar-refractivity contribution in [1.82, 2.24) is 0 Å². The zero-order valence-electron chi connectivity index (χ0n) is 16.5. The molecule has 0 bridgehead atoms. The molecule has 0 aliphatic carbocycles. The fourth-order valence-electron chi connectivity index (χ4n) is 3.35. The summed E-state index contributed by atoms with van der Waals surface area (Å²) < 4.78 is 17.1. The van der Waals surface area contributed by atoms with E-state index in [0.29, 0.717) is 12.5 Å². The van der Waals surface area contributed by atoms with Crippen LogP contribution in [0.4, 0.5) is 0 Å². The Morgan fingerprint density at radius 3 is 2.04 bits per heavy atom. The first-order chi connectivity index (χ1) is 11.9. The monoisotopic (exact) mass is 342 g/mol. The molecule has 0 radical (unpaired) electrons. The summed E-state index contributed by atoms with van der Waals surface area (Å²) in [6, 6.07) is 10.5. The van der Waals surface area contributed by atoms with E-state index < -0.39 is 0 Å². The second kappa shape index (κ2) is 8.39. The van der Waals surface area contributed by atoms with Crippen molar-refractivity contribution < 1.29 is 14.2 Å². The third-order valence-corrected chi connectivity index (χ3v) is 4.58. The molecule has 0 saturated heterocycles. The Hall–Kier alpha value is -2.00. The Morgan fingerprint density at radius 1 is 0.920 bits per heavy atom. The molecule has 2 aromatic rings. The first-order valence-electron chi connectivity index (χ1n) is 8.87. The molecule has 0 saturated carbocycles. The highest BCUT2D eigenvalue weighted by Crippen LogP contribution is 2.36. The van der Waals surface area contributed by atoms with Crippen LogP contribution in [0.5, 0.6) is 11.5 Å². The summed E-state index contributed by atoms with van der Waals surface area (Å²) in [5.41, 5.74) is 5.92. The zero-order chi connectivity index (χ0) is 18.6. The lowest BCUT2D eigenvalue weighted by atomic mass is 9.90. The molecule has 0 aliphatic rings. The van der Waals surface area contributed by atoms with Crippen LogP contribution < -0.4 is 9.47 Å². The van der Waals surface area contributed by atoms with Crippen molar-refractivity contribution in [3.8, 4) is 11.5 Å². The van der Waals surface area contributed by atoms with E-state index in [2.05, 4.69) is 52.0 Å². The smallest absolute Gasteiger partial charge is 0.122 e. The molecule has 0 N–H and O–H groups in total. The molecule has 0 heterocycles. The molecule has 2 aromatic carbocycles. The van der Waals surface area contributed by atoms with Gasteiger partial charge in [-0.2, -0.15) is 0 Å². The summed E-state index contributed by atoms with van der Waals surface area (Å²) in [7, 11) is 3.42. The van der Waals surface area contributed by atoms with Crippen LogP contribution >= 0.6 is 0 Å². The lowest BCUT2D eigenvalue weighted by molar-refractivity contribution is 0.0903. The first-order valence-corrected chi connectivity index (χ1v) is 8.87. The van der Waals surface area contributed by atoms with Gasteiger partial charge >= 0.3 is 0 Å². The van der Waals surface area contributed by atoms with Gasteiger partial charge in [-0.05, 0) is 78.8 Å². The molecule has 1 atom stereocenters. The van der Waals surface area contributed by atoms with Gasteiger partial charge in [0.1, 0.15) is 17.6 Å². The Kier molecular flexibility index (Phi) is 6.49. The van der Waals surface area contributed by atoms with Crippen LogP contribution in [0.25, 0.3) is 0 Å². The van der Waals surface area contributed by atoms with Gasteiger partial charge < -0.3 is 14.2 Å². The number of ether oxygens (including phenoxy) is 3. The fourth-order valence-corrected chi connectivity index (χ4v) is 3.35. The van der Waals surface area contributed by atoms with Gasteiger partial charge in [-0.3, -0.25) is 0 Å². The van der Waals surface area contributed by atoms with Crippen LogP contribution in [-0.2, 0) is 4.74 Å². The molecule has 0 aromatic heterocycles. The van der Waals surface area contributed by atoms with Crippen LogP contribution in [0, 0.1) is 13.8 Å². The molecular formula is C22H30O3. The minimum atomic E-state index is -0.0979. The minimum absolute atomic E-state index is 0.0979. The molecular weight excluding hydrogens is 312 g/mol. The maximum atomic E-state index is 6.18. The van der Waals surface area contributed by atoms with E-state index in [0.717, 1.165) is 17.1 Å². The Balaban J connectivity index is 2.58. The van der Waals surface area contributed by atoms with Gasteiger partial charge in [-0.15, -0.1) is 0 Å². The zero-order valence-corrected chi connectivity index (χ0v) is 16.5. The largest absolute Gasteiger partial charge is 0.497 e. The van der Waals surface area contributed by atoms with Crippen molar-refractivity contribution in [3.63, 3.8) is 0 Å². The van der Waals surface area contributed by atoms with Gasteiger partial charge in [-0.1, -0.05) is 19.9 Å². The third-order valence-electron chi connectivity index (χ3n) is 4.58. The number of hydrogen-bond donors (Lipinski definition) is 0.